The molecule has 0 bridgehead atoms. The molecule has 2 nitrogen and oxygen atoms in total. The molecule has 1 aromatic rings. The lowest BCUT2D eigenvalue weighted by atomic mass is 9.96. The van der Waals surface area contributed by atoms with E-state index in [0.717, 1.165) is 12.2 Å². The van der Waals surface area contributed by atoms with Crippen molar-refractivity contribution in [3.8, 4) is 5.75 Å². The molecule has 0 radical (unpaired) electrons. The van der Waals surface area contributed by atoms with Gasteiger partial charge >= 0.3 is 0 Å². The predicted octanol–water partition coefficient (Wildman–Crippen LogP) is 3.50. The van der Waals surface area contributed by atoms with Crippen molar-refractivity contribution < 1.29 is 4.74 Å². The van der Waals surface area contributed by atoms with Crippen molar-refractivity contribution in [2.45, 2.75) is 51.5 Å². The third kappa shape index (κ3) is 3.26. The van der Waals surface area contributed by atoms with Gasteiger partial charge in [-0.2, -0.15) is 0 Å². The summed E-state index contributed by atoms with van der Waals surface area (Å²) in [6, 6.07) is 7.32. The van der Waals surface area contributed by atoms with E-state index in [1.54, 1.807) is 7.11 Å². The number of hydrogen-bond acceptors (Lipinski definition) is 2. The minimum Gasteiger partial charge on any atom is -0.496 e. The Balaban J connectivity index is 2.05. The molecule has 1 saturated heterocycles. The molecule has 1 fully saturated rings. The van der Waals surface area contributed by atoms with Crippen LogP contribution in [0.3, 0.4) is 0 Å². The summed E-state index contributed by atoms with van der Waals surface area (Å²) < 4.78 is 5.47. The molecule has 0 saturated carbocycles. The molecule has 0 spiro atoms. The summed E-state index contributed by atoms with van der Waals surface area (Å²) in [4.78, 5) is 0. The van der Waals surface area contributed by atoms with Crippen molar-refractivity contribution in [1.29, 1.82) is 0 Å². The Morgan fingerprint density at radius 1 is 1.39 bits per heavy atom. The minimum atomic E-state index is 0.583. The van der Waals surface area contributed by atoms with E-state index < -0.39 is 0 Å². The summed E-state index contributed by atoms with van der Waals surface area (Å²) in [5.41, 5.74) is 2.77. The molecule has 1 heterocycles. The Hall–Kier alpha value is -1.02. The van der Waals surface area contributed by atoms with Gasteiger partial charge < -0.3 is 10.1 Å². The molecule has 1 unspecified atom stereocenters. The highest BCUT2D eigenvalue weighted by Gasteiger charge is 2.15. The second kappa shape index (κ2) is 6.24. The number of nitrogens with one attached hydrogen (secondary N) is 1. The molecule has 0 aromatic heterocycles. The summed E-state index contributed by atoms with van der Waals surface area (Å²) in [7, 11) is 1.77. The van der Waals surface area contributed by atoms with Crippen LogP contribution in [0.5, 0.6) is 5.75 Å². The summed E-state index contributed by atoms with van der Waals surface area (Å²) in [6.45, 7) is 5.67. The fraction of sp³-hybridized carbons (Fsp3) is 0.625. The van der Waals surface area contributed by atoms with Gasteiger partial charge in [0.05, 0.1) is 7.11 Å². The summed E-state index contributed by atoms with van der Waals surface area (Å²) in [5.74, 6) is 1.62. The highest BCUT2D eigenvalue weighted by atomic mass is 16.5. The molecule has 1 aromatic carbocycles. The van der Waals surface area contributed by atoms with Crippen LogP contribution >= 0.6 is 0 Å². The highest BCUT2D eigenvalue weighted by molar-refractivity contribution is 5.38. The van der Waals surface area contributed by atoms with Crippen molar-refractivity contribution >= 4 is 0 Å². The highest BCUT2D eigenvalue weighted by Crippen LogP contribution is 2.26. The zero-order valence-electron chi connectivity index (χ0n) is 11.8. The minimum absolute atomic E-state index is 0.583. The Morgan fingerprint density at radius 3 is 2.83 bits per heavy atom. The van der Waals surface area contributed by atoms with E-state index in [1.807, 2.05) is 0 Å². The normalized spacial score (nSPS) is 19.4. The van der Waals surface area contributed by atoms with E-state index >= 15 is 0 Å². The first-order valence-electron chi connectivity index (χ1n) is 7.11. The fourth-order valence-corrected chi connectivity index (χ4v) is 2.69. The van der Waals surface area contributed by atoms with Crippen molar-refractivity contribution in [2.24, 2.45) is 0 Å². The van der Waals surface area contributed by atoms with Gasteiger partial charge in [0.1, 0.15) is 5.75 Å². The van der Waals surface area contributed by atoms with Crippen molar-refractivity contribution in [3.63, 3.8) is 0 Å². The Labute approximate surface area is 111 Å². The van der Waals surface area contributed by atoms with Crippen molar-refractivity contribution in [1.82, 2.24) is 5.32 Å². The summed E-state index contributed by atoms with van der Waals surface area (Å²) in [6.07, 6.45) is 4.99. The van der Waals surface area contributed by atoms with Gasteiger partial charge in [-0.15, -0.1) is 0 Å². The van der Waals surface area contributed by atoms with E-state index in [2.05, 4.69) is 37.4 Å². The standard InChI is InChI=1S/C16H25NO/c1-12(2)13-7-9-16(18-3)14(11-13)6-8-15-5-4-10-17-15/h7,9,11-12,15,17H,4-6,8,10H2,1-3H3. The molecule has 0 amide bonds. The van der Waals surface area contributed by atoms with Crippen LogP contribution in [0.4, 0.5) is 0 Å². The van der Waals surface area contributed by atoms with Crippen LogP contribution in [0.2, 0.25) is 0 Å². The number of aryl methyl sites for hydroxylation is 1. The first-order valence-corrected chi connectivity index (χ1v) is 7.11. The largest absolute Gasteiger partial charge is 0.496 e. The van der Waals surface area contributed by atoms with E-state index in [1.165, 1.54) is 36.9 Å². The van der Waals surface area contributed by atoms with E-state index in [9.17, 15) is 0 Å². The maximum absolute atomic E-state index is 5.47. The molecule has 1 aliphatic rings. The smallest absolute Gasteiger partial charge is 0.122 e. The number of rotatable bonds is 5. The van der Waals surface area contributed by atoms with Crippen LogP contribution in [0.1, 0.15) is 50.2 Å². The molecule has 18 heavy (non-hydrogen) atoms. The zero-order chi connectivity index (χ0) is 13.0. The van der Waals surface area contributed by atoms with E-state index in [4.69, 9.17) is 4.74 Å². The molecule has 2 rings (SSSR count). The van der Waals surface area contributed by atoms with Gasteiger partial charge in [-0.05, 0) is 55.3 Å². The maximum atomic E-state index is 5.47. The Bertz CT molecular complexity index is 381. The lowest BCUT2D eigenvalue weighted by Gasteiger charge is -2.15. The topological polar surface area (TPSA) is 21.3 Å². The van der Waals surface area contributed by atoms with Crippen LogP contribution < -0.4 is 10.1 Å². The quantitative estimate of drug-likeness (QED) is 0.860. The van der Waals surface area contributed by atoms with Gasteiger partial charge in [0, 0.05) is 6.04 Å². The molecule has 1 N–H and O–H groups in total. The molecular weight excluding hydrogens is 222 g/mol. The third-order valence-electron chi connectivity index (χ3n) is 3.90. The first-order chi connectivity index (χ1) is 8.70. The van der Waals surface area contributed by atoms with Crippen LogP contribution in [-0.4, -0.2) is 19.7 Å². The molecule has 0 aliphatic carbocycles. The zero-order valence-corrected chi connectivity index (χ0v) is 11.8. The van der Waals surface area contributed by atoms with Gasteiger partial charge in [-0.3, -0.25) is 0 Å². The molecule has 1 aliphatic heterocycles. The van der Waals surface area contributed by atoms with Crippen LogP contribution in [-0.2, 0) is 6.42 Å². The van der Waals surface area contributed by atoms with Crippen LogP contribution in [0.25, 0.3) is 0 Å². The van der Waals surface area contributed by atoms with Crippen molar-refractivity contribution in [2.75, 3.05) is 13.7 Å². The average Bonchev–Trinajstić information content (AvgIpc) is 2.89. The SMILES string of the molecule is COc1ccc(C(C)C)cc1CCC1CCCN1. The summed E-state index contributed by atoms with van der Waals surface area (Å²) >= 11 is 0. The Kier molecular flexibility index (Phi) is 4.65. The number of benzene rings is 1. The molecule has 2 heteroatoms. The third-order valence-corrected chi connectivity index (χ3v) is 3.90. The van der Waals surface area contributed by atoms with Crippen molar-refractivity contribution in [3.05, 3.63) is 29.3 Å². The molecule has 100 valence electrons. The fourth-order valence-electron chi connectivity index (χ4n) is 2.69. The molecule has 1 atom stereocenters. The van der Waals surface area contributed by atoms with E-state index in [0.29, 0.717) is 12.0 Å². The predicted molar refractivity (Wildman–Crippen MR) is 76.4 cm³/mol. The molecular formula is C16H25NO. The number of hydrogen-bond donors (Lipinski definition) is 1. The van der Waals surface area contributed by atoms with Crippen LogP contribution in [0.15, 0.2) is 18.2 Å². The second-order valence-corrected chi connectivity index (χ2v) is 5.56. The summed E-state index contributed by atoms with van der Waals surface area (Å²) in [5, 5.41) is 3.56. The number of methoxy groups -OCH3 is 1. The second-order valence-electron chi connectivity index (χ2n) is 5.56. The lowest BCUT2D eigenvalue weighted by molar-refractivity contribution is 0.407. The van der Waals surface area contributed by atoms with Gasteiger partial charge in [0.15, 0.2) is 0 Å². The van der Waals surface area contributed by atoms with Gasteiger partial charge in [-0.25, -0.2) is 0 Å². The van der Waals surface area contributed by atoms with E-state index in [-0.39, 0.29) is 0 Å². The first kappa shape index (κ1) is 13.4. The van der Waals surface area contributed by atoms with Gasteiger partial charge in [0.25, 0.3) is 0 Å². The Morgan fingerprint density at radius 2 is 2.22 bits per heavy atom. The van der Waals surface area contributed by atoms with Crippen LogP contribution in [0, 0.1) is 0 Å². The maximum Gasteiger partial charge on any atom is 0.122 e. The van der Waals surface area contributed by atoms with Gasteiger partial charge in [0.2, 0.25) is 0 Å². The average molecular weight is 247 g/mol. The lowest BCUT2D eigenvalue weighted by Crippen LogP contribution is -2.21. The monoisotopic (exact) mass is 247 g/mol. The number of ether oxygens (including phenoxy) is 1. The van der Waals surface area contributed by atoms with Gasteiger partial charge in [-0.1, -0.05) is 26.0 Å².